The summed E-state index contributed by atoms with van der Waals surface area (Å²) in [6.07, 6.45) is 4.26. The number of hydrogen-bond donors (Lipinski definition) is 2. The fourth-order valence-electron chi connectivity index (χ4n) is 6.32. The van der Waals surface area contributed by atoms with Crippen LogP contribution < -0.4 is 10.6 Å². The predicted molar refractivity (Wildman–Crippen MR) is 123 cm³/mol. The summed E-state index contributed by atoms with van der Waals surface area (Å²) in [6, 6.07) is 9.50. The van der Waals surface area contributed by atoms with Crippen LogP contribution in [0.4, 0.5) is 10.1 Å². The van der Waals surface area contributed by atoms with Crippen molar-refractivity contribution in [3.8, 4) is 0 Å². The van der Waals surface area contributed by atoms with Gasteiger partial charge in [-0.1, -0.05) is 65.0 Å². The molecule has 0 aromatic heterocycles. The molecule has 3 atom stereocenters. The first kappa shape index (κ1) is 21.9. The fourth-order valence-corrected chi connectivity index (χ4v) is 6.87. The molecule has 5 nitrogen and oxygen atoms in total. The van der Waals surface area contributed by atoms with Gasteiger partial charge in [-0.25, -0.2) is 4.39 Å². The van der Waals surface area contributed by atoms with Crippen molar-refractivity contribution in [2.45, 2.75) is 55.0 Å². The van der Waals surface area contributed by atoms with Crippen LogP contribution in [0.2, 0.25) is 5.02 Å². The Morgan fingerprint density at radius 2 is 1.97 bits per heavy atom. The standard InChI is InChI=1S/C24H23BrClFN2O3/c1-32-21(30)20-18(14-6-5-7-16(26)19(14)27)24(23(29-20)10-3-2-4-11-23)15-9-8-13(25)12-17(15)28-22(24)31/h5-9,12,18,20,29H,2-4,10-11H2,1H3,(H,28,31)/t18-,20+,24+/m0/s1. The van der Waals surface area contributed by atoms with Crippen molar-refractivity contribution in [1.29, 1.82) is 0 Å². The highest BCUT2D eigenvalue weighted by molar-refractivity contribution is 9.10. The highest BCUT2D eigenvalue weighted by Gasteiger charge is 2.72. The van der Waals surface area contributed by atoms with Crippen molar-refractivity contribution in [3.05, 3.63) is 62.8 Å². The maximum atomic E-state index is 15.5. The molecule has 32 heavy (non-hydrogen) atoms. The summed E-state index contributed by atoms with van der Waals surface area (Å²) >= 11 is 9.64. The van der Waals surface area contributed by atoms with Gasteiger partial charge in [-0.15, -0.1) is 0 Å². The number of esters is 1. The molecule has 1 aliphatic carbocycles. The van der Waals surface area contributed by atoms with Crippen molar-refractivity contribution < 1.29 is 18.7 Å². The Kier molecular flexibility index (Phi) is 5.34. The third-order valence-corrected chi connectivity index (χ3v) is 8.26. The average Bonchev–Trinajstić information content (AvgIpc) is 3.23. The monoisotopic (exact) mass is 520 g/mol. The molecule has 2 N–H and O–H groups in total. The van der Waals surface area contributed by atoms with E-state index >= 15 is 4.39 Å². The number of fused-ring (bicyclic) bond motifs is 3. The minimum atomic E-state index is -1.19. The Hall–Kier alpha value is -1.96. The average molecular weight is 522 g/mol. The number of anilines is 1. The van der Waals surface area contributed by atoms with Gasteiger partial charge in [0, 0.05) is 21.6 Å². The molecule has 3 aliphatic rings. The summed E-state index contributed by atoms with van der Waals surface area (Å²) in [5, 5.41) is 6.51. The first-order valence-corrected chi connectivity index (χ1v) is 11.9. The van der Waals surface area contributed by atoms with Crippen molar-refractivity contribution in [2.75, 3.05) is 12.4 Å². The molecule has 1 saturated carbocycles. The van der Waals surface area contributed by atoms with E-state index in [0.29, 0.717) is 18.5 Å². The third-order valence-electron chi connectivity index (χ3n) is 7.48. The van der Waals surface area contributed by atoms with E-state index < -0.39 is 34.7 Å². The molecule has 2 spiro atoms. The second-order valence-corrected chi connectivity index (χ2v) is 10.2. The van der Waals surface area contributed by atoms with Crippen LogP contribution in [-0.2, 0) is 19.7 Å². The zero-order valence-electron chi connectivity index (χ0n) is 17.5. The second-order valence-electron chi connectivity index (χ2n) is 8.86. The summed E-state index contributed by atoms with van der Waals surface area (Å²) in [6.45, 7) is 0. The van der Waals surface area contributed by atoms with Crippen molar-refractivity contribution >= 4 is 45.1 Å². The molecule has 2 aromatic carbocycles. The lowest BCUT2D eigenvalue weighted by Gasteiger charge is -2.47. The molecule has 2 fully saturated rings. The van der Waals surface area contributed by atoms with Gasteiger partial charge in [0.05, 0.1) is 12.1 Å². The van der Waals surface area contributed by atoms with Crippen LogP contribution in [0.25, 0.3) is 0 Å². The summed E-state index contributed by atoms with van der Waals surface area (Å²) in [7, 11) is 1.31. The van der Waals surface area contributed by atoms with Gasteiger partial charge in [-0.2, -0.15) is 0 Å². The number of benzene rings is 2. The summed E-state index contributed by atoms with van der Waals surface area (Å²) in [4.78, 5) is 27.1. The molecule has 8 heteroatoms. The van der Waals surface area contributed by atoms with Crippen LogP contribution in [0.3, 0.4) is 0 Å². The smallest absolute Gasteiger partial charge is 0.323 e. The zero-order valence-corrected chi connectivity index (χ0v) is 19.9. The van der Waals surface area contributed by atoms with Gasteiger partial charge < -0.3 is 10.1 Å². The third kappa shape index (κ3) is 2.83. The van der Waals surface area contributed by atoms with Gasteiger partial charge in [0.25, 0.3) is 0 Å². The lowest BCUT2D eigenvalue weighted by Crippen LogP contribution is -2.60. The Morgan fingerprint density at radius 1 is 1.22 bits per heavy atom. The minimum Gasteiger partial charge on any atom is -0.468 e. The molecular formula is C24H23BrClFN2O3. The molecule has 168 valence electrons. The van der Waals surface area contributed by atoms with E-state index in [4.69, 9.17) is 16.3 Å². The molecule has 0 radical (unpaired) electrons. The van der Waals surface area contributed by atoms with Crippen molar-refractivity contribution in [3.63, 3.8) is 0 Å². The normalized spacial score (nSPS) is 28.1. The second kappa shape index (κ2) is 7.82. The highest BCUT2D eigenvalue weighted by Crippen LogP contribution is 2.62. The van der Waals surface area contributed by atoms with Crippen LogP contribution >= 0.6 is 27.5 Å². The van der Waals surface area contributed by atoms with Gasteiger partial charge in [0.15, 0.2) is 0 Å². The van der Waals surface area contributed by atoms with Crippen molar-refractivity contribution in [1.82, 2.24) is 5.32 Å². The number of carbonyl (C=O) groups is 2. The first-order chi connectivity index (χ1) is 15.4. The highest BCUT2D eigenvalue weighted by atomic mass is 79.9. The summed E-state index contributed by atoms with van der Waals surface area (Å²) in [5.41, 5.74) is -0.209. The maximum Gasteiger partial charge on any atom is 0.323 e. The Morgan fingerprint density at radius 3 is 2.69 bits per heavy atom. The van der Waals surface area contributed by atoms with Gasteiger partial charge in [0.2, 0.25) is 5.91 Å². The maximum absolute atomic E-state index is 15.5. The number of hydrogen-bond acceptors (Lipinski definition) is 4. The van der Waals surface area contributed by atoms with E-state index in [1.165, 1.54) is 13.2 Å². The van der Waals surface area contributed by atoms with E-state index in [2.05, 4.69) is 26.6 Å². The van der Waals surface area contributed by atoms with Crippen LogP contribution in [0, 0.1) is 5.82 Å². The molecule has 1 amide bonds. The molecule has 0 unspecified atom stereocenters. The van der Waals surface area contributed by atoms with E-state index in [1.807, 2.05) is 18.2 Å². The molecule has 1 saturated heterocycles. The van der Waals surface area contributed by atoms with Crippen LogP contribution in [0.15, 0.2) is 40.9 Å². The lowest BCUT2D eigenvalue weighted by atomic mass is 9.55. The van der Waals surface area contributed by atoms with Crippen LogP contribution in [0.1, 0.15) is 49.1 Å². The quantitative estimate of drug-likeness (QED) is 0.542. The van der Waals surface area contributed by atoms with Gasteiger partial charge in [-0.05, 0) is 42.2 Å². The topological polar surface area (TPSA) is 67.4 Å². The predicted octanol–water partition coefficient (Wildman–Crippen LogP) is 5.06. The van der Waals surface area contributed by atoms with E-state index in [0.717, 1.165) is 29.3 Å². The van der Waals surface area contributed by atoms with Gasteiger partial charge in [-0.3, -0.25) is 14.9 Å². The number of carbonyl (C=O) groups excluding carboxylic acids is 2. The number of halogens is 3. The number of nitrogens with one attached hydrogen (secondary N) is 2. The Balaban J connectivity index is 1.85. The number of amides is 1. The number of ether oxygens (including phenoxy) is 1. The Labute approximate surface area is 199 Å². The minimum absolute atomic E-state index is 0.0414. The van der Waals surface area contributed by atoms with Gasteiger partial charge in [0.1, 0.15) is 17.3 Å². The van der Waals surface area contributed by atoms with Crippen molar-refractivity contribution in [2.24, 2.45) is 0 Å². The summed E-state index contributed by atoms with van der Waals surface area (Å²) < 4.78 is 21.5. The van der Waals surface area contributed by atoms with Crippen LogP contribution in [-0.4, -0.2) is 30.6 Å². The molecule has 2 aliphatic heterocycles. The number of methoxy groups -OCH3 is 1. The van der Waals surface area contributed by atoms with E-state index in [9.17, 15) is 9.59 Å². The van der Waals surface area contributed by atoms with Crippen LogP contribution in [0.5, 0.6) is 0 Å². The summed E-state index contributed by atoms with van der Waals surface area (Å²) in [5.74, 6) is -2.18. The van der Waals surface area contributed by atoms with Gasteiger partial charge >= 0.3 is 5.97 Å². The first-order valence-electron chi connectivity index (χ1n) is 10.8. The largest absolute Gasteiger partial charge is 0.468 e. The lowest BCUT2D eigenvalue weighted by molar-refractivity contribution is -0.143. The molecule has 5 rings (SSSR count). The van der Waals surface area contributed by atoms with E-state index in [-0.39, 0.29) is 16.5 Å². The fraction of sp³-hybridized carbons (Fsp3) is 0.417. The van der Waals surface area contributed by atoms with E-state index in [1.54, 1.807) is 12.1 Å². The SMILES string of the molecule is COC(=O)[C@@H]1NC2(CCCCC2)[C@@]2(C(=O)Nc3cc(Br)ccc32)[C@H]1c1cccc(Cl)c1F. The zero-order chi connectivity index (χ0) is 22.7. The molecule has 0 bridgehead atoms. The molecule has 2 aromatic rings. The Bertz CT molecular complexity index is 1120. The number of rotatable bonds is 2. The molecule has 2 heterocycles. The molecular weight excluding hydrogens is 499 g/mol.